The second kappa shape index (κ2) is 5.26. The molecule has 1 aliphatic heterocycles. The van der Waals surface area contributed by atoms with Crippen molar-refractivity contribution in [3.05, 3.63) is 33.9 Å². The fourth-order valence-corrected chi connectivity index (χ4v) is 2.91. The number of nitrogen functional groups attached to an aromatic ring is 1. The molecule has 96 valence electrons. The lowest BCUT2D eigenvalue weighted by molar-refractivity contribution is -0.383. The predicted molar refractivity (Wildman–Crippen MR) is 70.7 cm³/mol. The molecule has 1 fully saturated rings. The molecule has 1 unspecified atom stereocenters. The van der Waals surface area contributed by atoms with Crippen molar-refractivity contribution in [3.63, 3.8) is 0 Å². The van der Waals surface area contributed by atoms with Crippen LogP contribution >= 0.6 is 11.8 Å². The maximum Gasteiger partial charge on any atom is 0.292 e. The van der Waals surface area contributed by atoms with Gasteiger partial charge in [0.15, 0.2) is 0 Å². The highest BCUT2D eigenvalue weighted by Gasteiger charge is 2.20. The lowest BCUT2D eigenvalue weighted by Gasteiger charge is -2.11. The van der Waals surface area contributed by atoms with E-state index in [2.05, 4.69) is 5.32 Å². The van der Waals surface area contributed by atoms with Gasteiger partial charge in [0.25, 0.3) is 11.6 Å². The van der Waals surface area contributed by atoms with E-state index in [0.717, 1.165) is 17.9 Å². The van der Waals surface area contributed by atoms with E-state index in [0.29, 0.717) is 0 Å². The number of nitro benzene ring substituents is 1. The Kier molecular flexibility index (Phi) is 3.71. The van der Waals surface area contributed by atoms with Crippen molar-refractivity contribution >= 4 is 29.0 Å². The number of benzene rings is 1. The maximum absolute atomic E-state index is 11.9. The Hall–Kier alpha value is -1.76. The summed E-state index contributed by atoms with van der Waals surface area (Å²) < 4.78 is 0. The Bertz CT molecular complexity index is 486. The molecule has 0 spiro atoms. The van der Waals surface area contributed by atoms with Crippen LogP contribution in [0.3, 0.4) is 0 Å². The fourth-order valence-electron chi connectivity index (χ4n) is 1.76. The van der Waals surface area contributed by atoms with E-state index in [1.54, 1.807) is 11.8 Å². The normalized spacial score (nSPS) is 18.6. The van der Waals surface area contributed by atoms with Crippen molar-refractivity contribution in [1.82, 2.24) is 5.32 Å². The van der Waals surface area contributed by atoms with Crippen LogP contribution in [-0.2, 0) is 0 Å². The topological polar surface area (TPSA) is 98.3 Å². The molecule has 0 bridgehead atoms. The monoisotopic (exact) mass is 267 g/mol. The van der Waals surface area contributed by atoms with Crippen LogP contribution in [0.1, 0.15) is 16.8 Å². The van der Waals surface area contributed by atoms with Crippen molar-refractivity contribution < 1.29 is 9.72 Å². The zero-order valence-corrected chi connectivity index (χ0v) is 10.4. The average molecular weight is 267 g/mol. The summed E-state index contributed by atoms with van der Waals surface area (Å²) in [5, 5.41) is 13.6. The number of hydrogen-bond donors (Lipinski definition) is 2. The molecule has 1 aliphatic rings. The predicted octanol–water partition coefficient (Wildman–Crippen LogP) is 1.41. The first-order chi connectivity index (χ1) is 8.58. The molecule has 1 saturated heterocycles. The van der Waals surface area contributed by atoms with E-state index in [9.17, 15) is 14.9 Å². The molecule has 18 heavy (non-hydrogen) atoms. The molecule has 0 radical (unpaired) electrons. The molecule has 1 heterocycles. The number of nitrogens with zero attached hydrogens (tertiary/aromatic N) is 1. The Morgan fingerprint density at radius 2 is 2.33 bits per heavy atom. The smallest absolute Gasteiger partial charge is 0.292 e. The summed E-state index contributed by atoms with van der Waals surface area (Å²) in [5.74, 6) is 1.64. The molecule has 3 N–H and O–H groups in total. The summed E-state index contributed by atoms with van der Waals surface area (Å²) in [5.41, 5.74) is 5.58. The van der Waals surface area contributed by atoms with Crippen molar-refractivity contribution in [1.29, 1.82) is 0 Å². The number of nitrogens with one attached hydrogen (secondary N) is 1. The summed E-state index contributed by atoms with van der Waals surface area (Å²) in [6.07, 6.45) is 0.938. The van der Waals surface area contributed by atoms with Gasteiger partial charge in [-0.3, -0.25) is 14.9 Å². The third kappa shape index (κ3) is 2.73. The minimum atomic E-state index is -0.586. The number of hydrogen-bond acceptors (Lipinski definition) is 5. The van der Waals surface area contributed by atoms with E-state index < -0.39 is 4.92 Å². The van der Waals surface area contributed by atoms with E-state index >= 15 is 0 Å². The number of carbonyl (C=O) groups is 1. The summed E-state index contributed by atoms with van der Waals surface area (Å²) in [4.78, 5) is 22.0. The zero-order valence-electron chi connectivity index (χ0n) is 9.59. The molecule has 1 atom stereocenters. The van der Waals surface area contributed by atoms with Crippen molar-refractivity contribution in [2.75, 3.05) is 17.2 Å². The summed E-state index contributed by atoms with van der Waals surface area (Å²) in [6.45, 7) is 0. The molecule has 0 saturated carbocycles. The van der Waals surface area contributed by atoms with Crippen LogP contribution in [0.25, 0.3) is 0 Å². The van der Waals surface area contributed by atoms with Crippen LogP contribution in [0.5, 0.6) is 0 Å². The molecule has 7 heteroatoms. The maximum atomic E-state index is 11.9. The van der Waals surface area contributed by atoms with Gasteiger partial charge in [-0.25, -0.2) is 0 Å². The minimum absolute atomic E-state index is 0.0629. The van der Waals surface area contributed by atoms with Crippen LogP contribution in [-0.4, -0.2) is 28.4 Å². The number of amides is 1. The first-order valence-electron chi connectivity index (χ1n) is 5.50. The first-order valence-corrected chi connectivity index (χ1v) is 6.66. The highest BCUT2D eigenvalue weighted by atomic mass is 32.2. The van der Waals surface area contributed by atoms with Crippen molar-refractivity contribution in [2.24, 2.45) is 0 Å². The van der Waals surface area contributed by atoms with Gasteiger partial charge in [0, 0.05) is 23.4 Å². The molecule has 1 aromatic rings. The molecular formula is C11H13N3O3S. The molecule has 1 amide bonds. The van der Waals surface area contributed by atoms with Crippen LogP contribution in [0.15, 0.2) is 18.2 Å². The van der Waals surface area contributed by atoms with E-state index in [1.807, 2.05) is 0 Å². The van der Waals surface area contributed by atoms with Gasteiger partial charge in [-0.15, -0.1) is 0 Å². The highest BCUT2D eigenvalue weighted by molar-refractivity contribution is 7.99. The fraction of sp³-hybridized carbons (Fsp3) is 0.364. The van der Waals surface area contributed by atoms with E-state index in [1.165, 1.54) is 18.2 Å². The van der Waals surface area contributed by atoms with Crippen LogP contribution in [0.4, 0.5) is 11.4 Å². The second-order valence-corrected chi connectivity index (χ2v) is 5.21. The van der Waals surface area contributed by atoms with Crippen LogP contribution < -0.4 is 11.1 Å². The zero-order chi connectivity index (χ0) is 13.1. The minimum Gasteiger partial charge on any atom is -0.393 e. The van der Waals surface area contributed by atoms with Crippen LogP contribution in [0, 0.1) is 10.1 Å². The Morgan fingerprint density at radius 1 is 1.56 bits per heavy atom. The lowest BCUT2D eigenvalue weighted by Crippen LogP contribution is -2.34. The molecule has 6 nitrogen and oxygen atoms in total. The van der Waals surface area contributed by atoms with Gasteiger partial charge in [-0.05, 0) is 24.3 Å². The first kappa shape index (κ1) is 12.7. The Labute approximate surface area is 108 Å². The summed E-state index contributed by atoms with van der Waals surface area (Å²) in [7, 11) is 0. The number of nitrogens with two attached hydrogens (primary N) is 1. The highest BCUT2D eigenvalue weighted by Crippen LogP contribution is 2.23. The Balaban J connectivity index is 2.14. The Morgan fingerprint density at radius 3 is 2.94 bits per heavy atom. The van der Waals surface area contributed by atoms with Gasteiger partial charge in [0.1, 0.15) is 5.69 Å². The number of nitro groups is 1. The lowest BCUT2D eigenvalue weighted by atomic mass is 10.1. The molecule has 1 aromatic carbocycles. The van der Waals surface area contributed by atoms with Gasteiger partial charge in [-0.2, -0.15) is 11.8 Å². The van der Waals surface area contributed by atoms with Gasteiger partial charge in [0.05, 0.1) is 4.92 Å². The summed E-state index contributed by atoms with van der Waals surface area (Å²) >= 11 is 1.79. The second-order valence-electron chi connectivity index (χ2n) is 4.06. The van der Waals surface area contributed by atoms with Gasteiger partial charge < -0.3 is 11.1 Å². The van der Waals surface area contributed by atoms with Crippen molar-refractivity contribution in [2.45, 2.75) is 12.5 Å². The largest absolute Gasteiger partial charge is 0.393 e. The number of carbonyl (C=O) groups excluding carboxylic acids is 1. The quantitative estimate of drug-likeness (QED) is 0.490. The number of anilines is 1. The molecule has 0 aliphatic carbocycles. The van der Waals surface area contributed by atoms with Gasteiger partial charge in [0.2, 0.25) is 0 Å². The van der Waals surface area contributed by atoms with Gasteiger partial charge in [-0.1, -0.05) is 0 Å². The van der Waals surface area contributed by atoms with E-state index in [4.69, 9.17) is 5.73 Å². The molecule has 0 aromatic heterocycles. The number of rotatable bonds is 3. The number of thioether (sulfide) groups is 1. The average Bonchev–Trinajstić information content (AvgIpc) is 2.81. The third-order valence-electron chi connectivity index (χ3n) is 2.75. The van der Waals surface area contributed by atoms with Gasteiger partial charge >= 0.3 is 0 Å². The molecule has 2 rings (SSSR count). The standard InChI is InChI=1S/C11H13N3O3S/c12-9-2-1-7(5-10(9)14(16)17)11(15)13-8-3-4-18-6-8/h1-2,5,8H,3-4,6,12H2,(H,13,15). The summed E-state index contributed by atoms with van der Waals surface area (Å²) in [6, 6.07) is 4.25. The van der Waals surface area contributed by atoms with Crippen LogP contribution in [0.2, 0.25) is 0 Å². The SMILES string of the molecule is Nc1ccc(C(=O)NC2CCSC2)cc1[N+](=O)[O-]. The molecular weight excluding hydrogens is 254 g/mol. The van der Waals surface area contributed by atoms with Crippen molar-refractivity contribution in [3.8, 4) is 0 Å². The third-order valence-corrected chi connectivity index (χ3v) is 3.92. The van der Waals surface area contributed by atoms with E-state index in [-0.39, 0.29) is 28.9 Å².